The van der Waals surface area contributed by atoms with Gasteiger partial charge in [0.05, 0.1) is 0 Å². The number of carbonyl (C=O) groups excluding carboxylic acids is 2. The second-order valence-electron chi connectivity index (χ2n) is 5.35. The number of amides is 2. The van der Waals surface area contributed by atoms with Crippen molar-refractivity contribution in [3.8, 4) is 0 Å². The van der Waals surface area contributed by atoms with Crippen LogP contribution in [0.2, 0.25) is 0 Å². The Balaban J connectivity index is 2.60. The molecule has 17 heavy (non-hydrogen) atoms. The van der Waals surface area contributed by atoms with E-state index in [-0.39, 0.29) is 17.9 Å². The predicted molar refractivity (Wildman–Crippen MR) is 67.5 cm³/mol. The summed E-state index contributed by atoms with van der Waals surface area (Å²) in [4.78, 5) is 25.6. The lowest BCUT2D eigenvalue weighted by molar-refractivity contribution is -0.152. The molecule has 1 N–H and O–H groups in total. The first-order chi connectivity index (χ1) is 7.90. The van der Waals surface area contributed by atoms with E-state index in [2.05, 4.69) is 12.2 Å². The van der Waals surface area contributed by atoms with E-state index < -0.39 is 5.54 Å². The molecule has 1 fully saturated rings. The summed E-state index contributed by atoms with van der Waals surface area (Å²) in [6.07, 6.45) is 4.46. The van der Waals surface area contributed by atoms with E-state index in [9.17, 15) is 9.59 Å². The number of hydrogen-bond acceptors (Lipinski definition) is 2. The number of unbranched alkanes of at least 4 members (excludes halogenated alkanes) is 3. The Hall–Kier alpha value is -1.06. The zero-order chi connectivity index (χ0) is 13.1. The van der Waals surface area contributed by atoms with E-state index in [1.54, 1.807) is 25.7 Å². The largest absolute Gasteiger partial charge is 0.340 e. The Morgan fingerprint density at radius 1 is 1.24 bits per heavy atom. The highest BCUT2D eigenvalue weighted by molar-refractivity contribution is 5.99. The van der Waals surface area contributed by atoms with Crippen LogP contribution in [-0.2, 0) is 9.59 Å². The van der Waals surface area contributed by atoms with Gasteiger partial charge in [-0.1, -0.05) is 26.2 Å². The van der Waals surface area contributed by atoms with Crippen molar-refractivity contribution >= 4 is 11.8 Å². The van der Waals surface area contributed by atoms with Crippen molar-refractivity contribution in [3.63, 3.8) is 0 Å². The molecule has 1 heterocycles. The molecular weight excluding hydrogens is 216 g/mol. The molecule has 0 aromatic heterocycles. The fourth-order valence-corrected chi connectivity index (χ4v) is 2.15. The van der Waals surface area contributed by atoms with Gasteiger partial charge >= 0.3 is 0 Å². The van der Waals surface area contributed by atoms with Gasteiger partial charge in [-0.15, -0.1) is 0 Å². The lowest BCUT2D eigenvalue weighted by Gasteiger charge is -2.41. The molecule has 0 bridgehead atoms. The minimum absolute atomic E-state index is 0.0288. The summed E-state index contributed by atoms with van der Waals surface area (Å²) in [6, 6.07) is -0.336. The highest BCUT2D eigenvalue weighted by atomic mass is 16.2. The minimum Gasteiger partial charge on any atom is -0.340 e. The lowest BCUT2D eigenvalue weighted by atomic mass is 9.97. The summed E-state index contributed by atoms with van der Waals surface area (Å²) in [5, 5.41) is 2.76. The van der Waals surface area contributed by atoms with Crippen LogP contribution in [0.3, 0.4) is 0 Å². The molecule has 1 unspecified atom stereocenters. The fourth-order valence-electron chi connectivity index (χ4n) is 2.15. The van der Waals surface area contributed by atoms with Crippen molar-refractivity contribution in [2.24, 2.45) is 0 Å². The minimum atomic E-state index is -0.756. The quantitative estimate of drug-likeness (QED) is 0.743. The lowest BCUT2D eigenvalue weighted by Crippen LogP contribution is -2.67. The highest BCUT2D eigenvalue weighted by Crippen LogP contribution is 2.18. The van der Waals surface area contributed by atoms with E-state index in [1.165, 1.54) is 12.8 Å². The van der Waals surface area contributed by atoms with Crippen molar-refractivity contribution in [2.75, 3.05) is 6.54 Å². The molecule has 98 valence electrons. The van der Waals surface area contributed by atoms with Gasteiger partial charge in [-0.2, -0.15) is 0 Å². The van der Waals surface area contributed by atoms with Gasteiger partial charge in [-0.25, -0.2) is 0 Å². The van der Waals surface area contributed by atoms with Gasteiger partial charge in [0.2, 0.25) is 11.8 Å². The zero-order valence-corrected chi connectivity index (χ0v) is 11.4. The summed E-state index contributed by atoms with van der Waals surface area (Å²) in [7, 11) is 0. The second-order valence-corrected chi connectivity index (χ2v) is 5.35. The molecule has 2 amide bonds. The average molecular weight is 240 g/mol. The molecule has 0 radical (unpaired) electrons. The summed E-state index contributed by atoms with van der Waals surface area (Å²) < 4.78 is 0. The van der Waals surface area contributed by atoms with Crippen LogP contribution in [0.1, 0.15) is 53.4 Å². The molecule has 4 nitrogen and oxygen atoms in total. The molecule has 0 saturated carbocycles. The van der Waals surface area contributed by atoms with E-state index >= 15 is 0 Å². The Bertz CT molecular complexity index is 300. The van der Waals surface area contributed by atoms with Crippen molar-refractivity contribution < 1.29 is 9.59 Å². The number of piperazine rings is 1. The molecule has 4 heteroatoms. The third-order valence-corrected chi connectivity index (χ3v) is 3.33. The van der Waals surface area contributed by atoms with Gasteiger partial charge in [-0.3, -0.25) is 9.59 Å². The standard InChI is InChI=1S/C13H24N2O2/c1-5-6-7-8-9-15-10(2)11(16)14-13(3,4)12(15)17/h10H,5-9H2,1-4H3,(H,14,16). The SMILES string of the molecule is CCCCCCN1C(=O)C(C)(C)NC(=O)C1C. The van der Waals surface area contributed by atoms with Crippen LogP contribution in [0.15, 0.2) is 0 Å². The fraction of sp³-hybridized carbons (Fsp3) is 0.846. The molecule has 0 aliphatic carbocycles. The van der Waals surface area contributed by atoms with Crippen molar-refractivity contribution in [1.82, 2.24) is 10.2 Å². The molecular formula is C13H24N2O2. The van der Waals surface area contributed by atoms with Gasteiger partial charge in [0.25, 0.3) is 0 Å². The Labute approximate surface area is 104 Å². The maximum absolute atomic E-state index is 12.2. The Morgan fingerprint density at radius 2 is 1.88 bits per heavy atom. The Morgan fingerprint density at radius 3 is 2.47 bits per heavy atom. The monoisotopic (exact) mass is 240 g/mol. The maximum atomic E-state index is 12.2. The molecule has 0 spiro atoms. The van der Waals surface area contributed by atoms with Crippen LogP contribution in [0.25, 0.3) is 0 Å². The number of rotatable bonds is 5. The maximum Gasteiger partial charge on any atom is 0.248 e. The normalized spacial score (nSPS) is 23.8. The Kier molecular flexibility index (Phi) is 4.54. The molecule has 1 aliphatic heterocycles. The number of hydrogen-bond donors (Lipinski definition) is 1. The van der Waals surface area contributed by atoms with Crippen LogP contribution in [-0.4, -0.2) is 34.8 Å². The summed E-state index contributed by atoms with van der Waals surface area (Å²) in [5.74, 6) is -0.0220. The summed E-state index contributed by atoms with van der Waals surface area (Å²) in [6.45, 7) is 8.17. The topological polar surface area (TPSA) is 49.4 Å². The summed E-state index contributed by atoms with van der Waals surface area (Å²) >= 11 is 0. The molecule has 0 aromatic carbocycles. The van der Waals surface area contributed by atoms with E-state index in [0.717, 1.165) is 12.8 Å². The molecule has 0 aromatic rings. The third kappa shape index (κ3) is 3.20. The van der Waals surface area contributed by atoms with Crippen molar-refractivity contribution in [2.45, 2.75) is 65.0 Å². The number of nitrogens with one attached hydrogen (secondary N) is 1. The predicted octanol–water partition coefficient (Wildman–Crippen LogP) is 1.69. The average Bonchev–Trinajstić information content (AvgIpc) is 2.25. The zero-order valence-electron chi connectivity index (χ0n) is 11.4. The first kappa shape index (κ1) is 14.0. The van der Waals surface area contributed by atoms with Crippen LogP contribution < -0.4 is 5.32 Å². The molecule has 1 saturated heterocycles. The van der Waals surface area contributed by atoms with Gasteiger partial charge in [-0.05, 0) is 27.2 Å². The molecule has 1 aliphatic rings. The molecule has 1 atom stereocenters. The molecule has 1 rings (SSSR count). The van der Waals surface area contributed by atoms with Crippen LogP contribution >= 0.6 is 0 Å². The van der Waals surface area contributed by atoms with E-state index in [0.29, 0.717) is 6.54 Å². The highest BCUT2D eigenvalue weighted by Gasteiger charge is 2.42. The van der Waals surface area contributed by atoms with E-state index in [1.807, 2.05) is 0 Å². The third-order valence-electron chi connectivity index (χ3n) is 3.33. The number of carbonyl (C=O) groups is 2. The van der Waals surface area contributed by atoms with E-state index in [4.69, 9.17) is 0 Å². The van der Waals surface area contributed by atoms with Crippen LogP contribution in [0.5, 0.6) is 0 Å². The first-order valence-electron chi connectivity index (χ1n) is 6.53. The van der Waals surface area contributed by atoms with Gasteiger partial charge < -0.3 is 10.2 Å². The van der Waals surface area contributed by atoms with Gasteiger partial charge in [0.15, 0.2) is 0 Å². The number of nitrogens with zero attached hydrogens (tertiary/aromatic N) is 1. The first-order valence-corrected chi connectivity index (χ1v) is 6.53. The van der Waals surface area contributed by atoms with Gasteiger partial charge in [0.1, 0.15) is 11.6 Å². The van der Waals surface area contributed by atoms with Crippen LogP contribution in [0.4, 0.5) is 0 Å². The van der Waals surface area contributed by atoms with Gasteiger partial charge in [0, 0.05) is 6.54 Å². The van der Waals surface area contributed by atoms with Crippen LogP contribution in [0, 0.1) is 0 Å². The van der Waals surface area contributed by atoms with Crippen molar-refractivity contribution in [1.29, 1.82) is 0 Å². The van der Waals surface area contributed by atoms with Crippen molar-refractivity contribution in [3.05, 3.63) is 0 Å². The smallest absolute Gasteiger partial charge is 0.248 e. The second kappa shape index (κ2) is 5.52. The summed E-state index contributed by atoms with van der Waals surface area (Å²) in [5.41, 5.74) is -0.756.